The number of ether oxygens (including phenoxy) is 1. The second-order valence-electron chi connectivity index (χ2n) is 5.76. The lowest BCUT2D eigenvalue weighted by Gasteiger charge is -2.14. The molecule has 26 heavy (non-hydrogen) atoms. The third-order valence-electron chi connectivity index (χ3n) is 4.18. The summed E-state index contributed by atoms with van der Waals surface area (Å²) in [5, 5.41) is 3.01. The van der Waals surface area contributed by atoms with Gasteiger partial charge in [0.15, 0.2) is 0 Å². The average molecular weight is 373 g/mol. The van der Waals surface area contributed by atoms with Crippen molar-refractivity contribution in [3.8, 4) is 5.75 Å². The van der Waals surface area contributed by atoms with Gasteiger partial charge in [-0.1, -0.05) is 35.9 Å². The first-order valence-electron chi connectivity index (χ1n) is 8.06. The number of halogens is 1. The number of benzene rings is 2. The van der Waals surface area contributed by atoms with Gasteiger partial charge in [-0.05, 0) is 18.2 Å². The fourth-order valence-corrected chi connectivity index (χ4v) is 3.10. The second kappa shape index (κ2) is 7.58. The molecule has 1 aliphatic heterocycles. The second-order valence-corrected chi connectivity index (χ2v) is 6.17. The van der Waals surface area contributed by atoms with Gasteiger partial charge in [-0.15, -0.1) is 0 Å². The molecule has 1 N–H and O–H groups in total. The lowest BCUT2D eigenvalue weighted by Crippen LogP contribution is -2.34. The number of carbonyl (C=O) groups excluding carboxylic acids is 3. The minimum absolute atomic E-state index is 0.000430. The molecule has 134 valence electrons. The summed E-state index contributed by atoms with van der Waals surface area (Å²) in [5.74, 6) is -0.473. The van der Waals surface area contributed by atoms with E-state index in [-0.39, 0.29) is 35.0 Å². The lowest BCUT2D eigenvalue weighted by atomic mass is 10.1. The standard InChI is InChI=1S/C19H17ClN2O4/c1-26-15-8-3-2-5-12(15)11-21-16(23)9-10-22-18(24)13-6-4-7-14(20)17(13)19(22)25/h2-8H,9-11H2,1H3,(H,21,23). The number of fused-ring (bicyclic) bond motifs is 1. The van der Waals surface area contributed by atoms with Crippen molar-refractivity contribution in [2.75, 3.05) is 13.7 Å². The van der Waals surface area contributed by atoms with Crippen molar-refractivity contribution >= 4 is 29.3 Å². The fraction of sp³-hybridized carbons (Fsp3) is 0.211. The Morgan fingerprint density at radius 2 is 1.88 bits per heavy atom. The number of imide groups is 1. The van der Waals surface area contributed by atoms with Crippen LogP contribution in [-0.2, 0) is 11.3 Å². The number of amides is 3. The van der Waals surface area contributed by atoms with Gasteiger partial charge in [0.2, 0.25) is 5.91 Å². The summed E-state index contributed by atoms with van der Waals surface area (Å²) in [5.41, 5.74) is 1.32. The SMILES string of the molecule is COc1ccccc1CNC(=O)CCN1C(=O)c2cccc(Cl)c2C1=O. The molecule has 0 spiro atoms. The van der Waals surface area contributed by atoms with Crippen LogP contribution in [0.25, 0.3) is 0 Å². The summed E-state index contributed by atoms with van der Waals surface area (Å²) in [6.07, 6.45) is 0.0121. The van der Waals surface area contributed by atoms with Crippen LogP contribution in [0.15, 0.2) is 42.5 Å². The Hall–Kier alpha value is -2.86. The van der Waals surface area contributed by atoms with Crippen molar-refractivity contribution in [1.29, 1.82) is 0 Å². The normalized spacial score (nSPS) is 12.9. The summed E-state index contributed by atoms with van der Waals surface area (Å²) < 4.78 is 5.23. The summed E-state index contributed by atoms with van der Waals surface area (Å²) in [6, 6.07) is 12.1. The van der Waals surface area contributed by atoms with Crippen LogP contribution in [0, 0.1) is 0 Å². The molecular formula is C19H17ClN2O4. The van der Waals surface area contributed by atoms with Gasteiger partial charge in [0, 0.05) is 25.1 Å². The number of nitrogens with zero attached hydrogens (tertiary/aromatic N) is 1. The molecule has 2 aromatic rings. The van der Waals surface area contributed by atoms with Crippen molar-refractivity contribution in [2.45, 2.75) is 13.0 Å². The molecule has 6 nitrogen and oxygen atoms in total. The molecule has 3 amide bonds. The first-order valence-corrected chi connectivity index (χ1v) is 8.44. The van der Waals surface area contributed by atoms with Crippen molar-refractivity contribution < 1.29 is 19.1 Å². The minimum atomic E-state index is -0.465. The highest BCUT2D eigenvalue weighted by atomic mass is 35.5. The van der Waals surface area contributed by atoms with Crippen LogP contribution in [0.1, 0.15) is 32.7 Å². The summed E-state index contributed by atoms with van der Waals surface area (Å²) in [7, 11) is 1.56. The highest BCUT2D eigenvalue weighted by Crippen LogP contribution is 2.29. The molecular weight excluding hydrogens is 356 g/mol. The van der Waals surface area contributed by atoms with E-state index in [0.29, 0.717) is 12.3 Å². The summed E-state index contributed by atoms with van der Waals surface area (Å²) in [4.78, 5) is 37.9. The maximum atomic E-state index is 12.4. The molecule has 0 aliphatic carbocycles. The molecule has 0 unspecified atom stereocenters. The number of carbonyl (C=O) groups is 3. The average Bonchev–Trinajstić information content (AvgIpc) is 2.90. The zero-order chi connectivity index (χ0) is 18.7. The van der Waals surface area contributed by atoms with Gasteiger partial charge in [-0.3, -0.25) is 19.3 Å². The molecule has 1 aliphatic rings. The molecule has 0 saturated carbocycles. The molecule has 1 heterocycles. The number of nitrogens with one attached hydrogen (secondary N) is 1. The van der Waals surface area contributed by atoms with Crippen LogP contribution in [0.3, 0.4) is 0 Å². The number of rotatable bonds is 6. The molecule has 0 bridgehead atoms. The Labute approximate surface area is 155 Å². The number of hydrogen-bond donors (Lipinski definition) is 1. The molecule has 0 fully saturated rings. The molecule has 2 aromatic carbocycles. The van der Waals surface area contributed by atoms with E-state index in [4.69, 9.17) is 16.3 Å². The van der Waals surface area contributed by atoms with Gasteiger partial charge in [0.05, 0.1) is 23.3 Å². The van der Waals surface area contributed by atoms with Crippen LogP contribution < -0.4 is 10.1 Å². The van der Waals surface area contributed by atoms with Gasteiger partial charge in [-0.25, -0.2) is 0 Å². The van der Waals surface area contributed by atoms with E-state index in [1.54, 1.807) is 25.3 Å². The smallest absolute Gasteiger partial charge is 0.263 e. The van der Waals surface area contributed by atoms with E-state index in [0.717, 1.165) is 10.5 Å². The van der Waals surface area contributed by atoms with E-state index in [1.807, 2.05) is 24.3 Å². The van der Waals surface area contributed by atoms with E-state index in [2.05, 4.69) is 5.32 Å². The van der Waals surface area contributed by atoms with E-state index in [9.17, 15) is 14.4 Å². The van der Waals surface area contributed by atoms with Crippen LogP contribution in [-0.4, -0.2) is 36.3 Å². The van der Waals surface area contributed by atoms with E-state index in [1.165, 1.54) is 0 Å². The quantitative estimate of drug-likeness (QED) is 0.791. The highest BCUT2D eigenvalue weighted by Gasteiger charge is 2.36. The van der Waals surface area contributed by atoms with Gasteiger partial charge in [0.25, 0.3) is 11.8 Å². The molecule has 3 rings (SSSR count). The van der Waals surface area contributed by atoms with Crippen LogP contribution in [0.5, 0.6) is 5.75 Å². The number of methoxy groups -OCH3 is 1. The maximum absolute atomic E-state index is 12.4. The lowest BCUT2D eigenvalue weighted by molar-refractivity contribution is -0.121. The summed E-state index contributed by atoms with van der Waals surface area (Å²) >= 11 is 6.01. The molecule has 7 heteroatoms. The number of hydrogen-bond acceptors (Lipinski definition) is 4. The van der Waals surface area contributed by atoms with Crippen LogP contribution >= 0.6 is 11.6 Å². The highest BCUT2D eigenvalue weighted by molar-refractivity contribution is 6.37. The Morgan fingerprint density at radius 3 is 2.62 bits per heavy atom. The van der Waals surface area contributed by atoms with Crippen LogP contribution in [0.4, 0.5) is 0 Å². The first kappa shape index (κ1) is 17.9. The third kappa shape index (κ3) is 3.41. The maximum Gasteiger partial charge on any atom is 0.263 e. The van der Waals surface area contributed by atoms with E-state index < -0.39 is 11.8 Å². The molecule has 0 atom stereocenters. The van der Waals surface area contributed by atoms with Crippen LogP contribution in [0.2, 0.25) is 5.02 Å². The number of para-hydroxylation sites is 1. The van der Waals surface area contributed by atoms with E-state index >= 15 is 0 Å². The van der Waals surface area contributed by atoms with Crippen molar-refractivity contribution in [3.05, 3.63) is 64.2 Å². The predicted molar refractivity (Wildman–Crippen MR) is 96.3 cm³/mol. The Balaban J connectivity index is 1.58. The van der Waals surface area contributed by atoms with Crippen molar-refractivity contribution in [3.63, 3.8) is 0 Å². The Morgan fingerprint density at radius 1 is 1.12 bits per heavy atom. The first-order chi connectivity index (χ1) is 12.5. The summed E-state index contributed by atoms with van der Waals surface area (Å²) in [6.45, 7) is 0.303. The Bertz CT molecular complexity index is 882. The van der Waals surface area contributed by atoms with Crippen molar-refractivity contribution in [2.24, 2.45) is 0 Å². The van der Waals surface area contributed by atoms with Crippen molar-refractivity contribution in [1.82, 2.24) is 10.2 Å². The third-order valence-corrected chi connectivity index (χ3v) is 4.49. The monoisotopic (exact) mass is 372 g/mol. The zero-order valence-electron chi connectivity index (χ0n) is 14.1. The zero-order valence-corrected chi connectivity index (χ0v) is 14.9. The van der Waals surface area contributed by atoms with Gasteiger partial charge < -0.3 is 10.1 Å². The topological polar surface area (TPSA) is 75.7 Å². The minimum Gasteiger partial charge on any atom is -0.496 e. The van der Waals surface area contributed by atoms with Gasteiger partial charge >= 0.3 is 0 Å². The molecule has 0 radical (unpaired) electrons. The van der Waals surface area contributed by atoms with Gasteiger partial charge in [0.1, 0.15) is 5.75 Å². The largest absolute Gasteiger partial charge is 0.496 e. The fourth-order valence-electron chi connectivity index (χ4n) is 2.84. The Kier molecular flexibility index (Phi) is 5.23. The molecule has 0 aromatic heterocycles. The van der Waals surface area contributed by atoms with Gasteiger partial charge in [-0.2, -0.15) is 0 Å². The molecule has 0 saturated heterocycles. The predicted octanol–water partition coefficient (Wildman–Crippen LogP) is 2.65.